The smallest absolute Gasteiger partial charge is 0.407 e. The number of carboxylic acids is 1. The molecular formula is C95H123Cl4N9O36. The Balaban J connectivity index is 0.000000204. The van der Waals surface area contributed by atoms with E-state index in [9.17, 15) is 73.5 Å². The maximum atomic E-state index is 13.3. The predicted octanol–water partition coefficient (Wildman–Crippen LogP) is 5.96. The zero-order valence-corrected chi connectivity index (χ0v) is 83.0. The van der Waals surface area contributed by atoms with Crippen molar-refractivity contribution in [2.45, 2.75) is 251 Å². The van der Waals surface area contributed by atoms with Crippen LogP contribution in [0.5, 0.6) is 0 Å². The van der Waals surface area contributed by atoms with E-state index in [1.807, 2.05) is 97.9 Å². The van der Waals surface area contributed by atoms with Crippen LogP contribution in [0, 0.1) is 5.92 Å². The number of nitrogens with zero attached hydrogens (tertiary/aromatic N) is 3. The number of alkyl carbamates (subject to hydrolysis) is 1. The van der Waals surface area contributed by atoms with Crippen LogP contribution in [0.15, 0.2) is 133 Å². The SMILES string of the molecule is CC(=O)O[C@@H]1C(OCCCNC(=O)OC(C)(C)C)[C@H](N)OC2COC(c3ccccc3)O[C@@H]21.COC(=O)COC1C(NC(=O)c2ccc(Cl)c(Cl)c2)[C@H](CC(=O)CCC(=O)C[C@@H]2OC(CO)[C@H](O)[C@H](OC(C)=O)C2OCCCN)O[C@@H](CO)[C@@H]1O.COC(=O)CO[C@@H]1C(C)[C@H](N=[N+]=[N-])OC2COC(c3ccccc3)O[C@@H]21.N[C@@H]1OC2COC(c3ccccc3)O[C@@H]2[C@H](OCC(=O)O)C1NC(=O)c1ccc(Cl)c(Cl)c1. The predicted molar refractivity (Wildman–Crippen MR) is 504 cm³/mol. The second kappa shape index (κ2) is 57.2. The van der Waals surface area contributed by atoms with Crippen molar-refractivity contribution in [3.8, 4) is 0 Å². The van der Waals surface area contributed by atoms with Crippen molar-refractivity contribution in [1.82, 2.24) is 16.0 Å². The van der Waals surface area contributed by atoms with E-state index < -0.39 is 263 Å². The number of Topliss-reactive ketones (excluding diaryl/α,β-unsaturated/α-hetero) is 2. The van der Waals surface area contributed by atoms with Crippen LogP contribution in [-0.4, -0.2) is 331 Å². The van der Waals surface area contributed by atoms with Gasteiger partial charge in [-0.05, 0) is 82.1 Å². The molecule has 8 heterocycles. The maximum Gasteiger partial charge on any atom is 0.407 e. The molecule has 45 nitrogen and oxygen atoms in total. The fourth-order valence-electron chi connectivity index (χ4n) is 16.6. The maximum absolute atomic E-state index is 13.3. The molecule has 14 N–H and O–H groups in total. The number of fused-ring (bicyclic) bond motifs is 3. The molecule has 8 saturated heterocycles. The number of carbonyl (C=O) groups excluding carboxylic acids is 9. The number of nitrogens with two attached hydrogens (primary N) is 3. The van der Waals surface area contributed by atoms with Crippen LogP contribution in [0.25, 0.3) is 10.4 Å². The molecule has 8 aliphatic heterocycles. The average molecular weight is 2110 g/mol. The fourth-order valence-corrected chi connectivity index (χ4v) is 17.2. The van der Waals surface area contributed by atoms with E-state index in [0.29, 0.717) is 24.4 Å². The molecule has 28 atom stereocenters. The summed E-state index contributed by atoms with van der Waals surface area (Å²) in [7, 11) is 2.41. The van der Waals surface area contributed by atoms with Crippen molar-refractivity contribution < 1.29 is 173 Å². The molecule has 0 bridgehead atoms. The molecule has 5 aromatic rings. The molecule has 3 amide bonds. The number of benzene rings is 5. The topological polar surface area (TPSA) is 629 Å². The number of halogens is 4. The summed E-state index contributed by atoms with van der Waals surface area (Å²) in [5.41, 5.74) is 28.9. The number of rotatable bonds is 37. The Labute approximate surface area is 848 Å². The van der Waals surface area contributed by atoms with Gasteiger partial charge in [0.1, 0.15) is 141 Å². The quantitative estimate of drug-likeness (QED) is 0.00545. The van der Waals surface area contributed by atoms with Gasteiger partial charge in [0.05, 0.1) is 97.7 Å². The number of aliphatic hydroxyl groups is 4. The van der Waals surface area contributed by atoms with E-state index in [1.165, 1.54) is 50.4 Å². The van der Waals surface area contributed by atoms with Crippen molar-refractivity contribution in [3.05, 3.63) is 186 Å². The van der Waals surface area contributed by atoms with Gasteiger partial charge < -0.3 is 158 Å². The Morgan fingerprint density at radius 2 is 0.931 bits per heavy atom. The molecule has 0 aromatic heterocycles. The van der Waals surface area contributed by atoms with Crippen LogP contribution >= 0.6 is 46.4 Å². The summed E-state index contributed by atoms with van der Waals surface area (Å²) in [5, 5.41) is 63.1. The molecule has 0 saturated carbocycles. The van der Waals surface area contributed by atoms with Crippen LogP contribution in [0.2, 0.25) is 20.1 Å². The largest absolute Gasteiger partial charge is 0.480 e. The van der Waals surface area contributed by atoms with Gasteiger partial charge in [-0.1, -0.05) is 149 Å². The zero-order valence-electron chi connectivity index (χ0n) is 80.0. The second-order valence-electron chi connectivity index (χ2n) is 35.1. The van der Waals surface area contributed by atoms with Crippen molar-refractivity contribution in [1.29, 1.82) is 0 Å². The van der Waals surface area contributed by atoms with E-state index in [2.05, 4.69) is 35.5 Å². The number of azide groups is 1. The molecule has 8 fully saturated rings. The number of ketones is 2. The summed E-state index contributed by atoms with van der Waals surface area (Å²) in [6.45, 7) is 8.47. The highest BCUT2D eigenvalue weighted by atomic mass is 35.5. The first-order valence-electron chi connectivity index (χ1n) is 46.2. The fraction of sp³-hybridized carbons (Fsp3) is 0.579. The third-order valence-corrected chi connectivity index (χ3v) is 25.0. The van der Waals surface area contributed by atoms with Crippen LogP contribution in [0.1, 0.15) is 136 Å². The molecule has 13 rings (SSSR count). The minimum atomic E-state index is -1.56. The molecule has 144 heavy (non-hydrogen) atoms. The number of hydrogen-bond acceptors (Lipinski definition) is 39. The molecule has 0 radical (unpaired) electrons. The summed E-state index contributed by atoms with van der Waals surface area (Å²) in [6, 6.07) is 34.6. The first kappa shape index (κ1) is 116. The number of methoxy groups -OCH3 is 2. The van der Waals surface area contributed by atoms with Gasteiger partial charge in [-0.15, -0.1) is 0 Å². The summed E-state index contributed by atoms with van der Waals surface area (Å²) in [5.74, 6) is -6.16. The molecule has 0 aliphatic carbocycles. The third kappa shape index (κ3) is 33.8. The third-order valence-electron chi connectivity index (χ3n) is 23.5. The Morgan fingerprint density at radius 1 is 0.500 bits per heavy atom. The Hall–Kier alpha value is -9.45. The molecule has 5 aromatic carbocycles. The minimum Gasteiger partial charge on any atom is -0.480 e. The van der Waals surface area contributed by atoms with Gasteiger partial charge in [-0.25, -0.2) is 19.2 Å². The van der Waals surface area contributed by atoms with Gasteiger partial charge in [0.25, 0.3) is 11.8 Å². The van der Waals surface area contributed by atoms with Gasteiger partial charge in [0.15, 0.2) is 31.1 Å². The lowest BCUT2D eigenvalue weighted by molar-refractivity contribution is -0.332. The van der Waals surface area contributed by atoms with E-state index in [0.717, 1.165) is 30.7 Å². The highest BCUT2D eigenvalue weighted by Gasteiger charge is 2.56. The normalized spacial score (nSPS) is 30.0. The highest BCUT2D eigenvalue weighted by molar-refractivity contribution is 6.42. The van der Waals surface area contributed by atoms with Gasteiger partial charge in [0, 0.05) is 97.9 Å². The monoisotopic (exact) mass is 2110 g/mol. The zero-order chi connectivity index (χ0) is 105. The molecular weight excluding hydrogens is 1980 g/mol. The second-order valence-corrected chi connectivity index (χ2v) is 36.7. The van der Waals surface area contributed by atoms with E-state index in [1.54, 1.807) is 20.8 Å². The Morgan fingerprint density at radius 3 is 1.40 bits per heavy atom. The number of esters is 4. The summed E-state index contributed by atoms with van der Waals surface area (Å²) in [6.07, 6.45) is -23.2. The highest BCUT2D eigenvalue weighted by Crippen LogP contribution is 2.42. The van der Waals surface area contributed by atoms with Gasteiger partial charge in [-0.2, -0.15) is 0 Å². The van der Waals surface area contributed by atoms with Gasteiger partial charge >= 0.3 is 35.9 Å². The standard InChI is InChI=1S/C33H46Cl2N2O15.C23H34N2O8.C22H22Cl2N2O7.C17H21N3O6/c1-16(40)50-32-29(45)25(14-39)52-23(30(32)48-9-3-8-36)12-19(42)6-5-18(41)11-22-27(37-33(46)17-4-7-20(34)21(35)10-17)31(49-15-26(43)47-2)28(44)24(13-38)51-22;1-14(26)30-18-17-16(13-29-21(32-17)15-9-6-5-7-10-15)31-20(24)19(18)28-12-8-11-25-22(27)33-23(2,3)4;23-13-7-6-12(8-14(13)24)21(29)26-17-19(30-10-16(27)28)18-15(32-20(17)25)9-31-22(33-18)11-4-2-1-3-5-11;1-10-14(23-9-13(21)22-2)15-12(25-16(10)19-20-18)8-24-17(26-15)11-6-4-3-5-7-11/h4,7,10,22-25,27-32,38-39,44-45H,3,5-6,8-9,11-15,36H2,1-2H3,(H,37,46);5-7,9-10,16-21H,8,11-13,24H2,1-4H3,(H,25,27);1-8,15,17-20,22H,9-10,25H2,(H,26,29)(H,27,28);3-7,10,12,14-17H,8-9H2,1-2H3/t22-,23-,24-,25?,27?,28-,29-,30?,31?,32-;16?,17-,18-,19?,20+,21?;15?,17?,18-,19+,20+,22?;10?,12?,14-,15+,16-,17?/m0001/s1. The first-order valence-corrected chi connectivity index (χ1v) is 47.7. The molecule has 0 spiro atoms. The van der Waals surface area contributed by atoms with Crippen molar-refractivity contribution >= 4 is 106 Å². The lowest BCUT2D eigenvalue weighted by atomic mass is 9.88. The number of amides is 3. The molecule has 792 valence electrons. The van der Waals surface area contributed by atoms with Gasteiger partial charge in [0.2, 0.25) is 0 Å². The van der Waals surface area contributed by atoms with E-state index in [-0.39, 0.29) is 97.6 Å². The Bertz CT molecular complexity index is 5050. The minimum absolute atomic E-state index is 0.0673. The summed E-state index contributed by atoms with van der Waals surface area (Å²) in [4.78, 5) is 126. The van der Waals surface area contributed by atoms with Gasteiger partial charge in [-0.3, -0.25) is 28.8 Å². The van der Waals surface area contributed by atoms with E-state index >= 15 is 0 Å². The number of carbonyl (C=O) groups is 10. The number of aliphatic hydroxyl groups excluding tert-OH is 4. The number of nitrogens with one attached hydrogen (secondary N) is 3. The number of carboxylic acid groups (broad SMARTS) is 1. The van der Waals surface area contributed by atoms with Crippen LogP contribution in [0.4, 0.5) is 4.79 Å². The number of ether oxygens (including phenoxy) is 21. The molecule has 49 heteroatoms. The lowest BCUT2D eigenvalue weighted by Gasteiger charge is -2.48. The van der Waals surface area contributed by atoms with Crippen molar-refractivity contribution in [2.24, 2.45) is 28.2 Å². The molecule has 8 aliphatic rings. The lowest BCUT2D eigenvalue weighted by Crippen LogP contribution is -2.69. The Kier molecular flexibility index (Phi) is 46.3. The number of hydrogen-bond donors (Lipinski definition) is 11. The summed E-state index contributed by atoms with van der Waals surface area (Å²) < 4.78 is 119. The summed E-state index contributed by atoms with van der Waals surface area (Å²) >= 11 is 24.0. The van der Waals surface area contributed by atoms with Crippen LogP contribution in [0.3, 0.4) is 0 Å². The average Bonchev–Trinajstić information content (AvgIpc) is 0.800. The van der Waals surface area contributed by atoms with Crippen LogP contribution < -0.4 is 33.2 Å². The van der Waals surface area contributed by atoms with E-state index in [4.69, 9.17) is 159 Å². The molecule has 13 unspecified atom stereocenters. The first-order chi connectivity index (χ1) is 68.8. The van der Waals surface area contributed by atoms with Crippen molar-refractivity contribution in [3.63, 3.8) is 0 Å². The van der Waals surface area contributed by atoms with Crippen LogP contribution in [-0.2, 0) is 133 Å². The number of aliphatic carboxylic acids is 1. The van der Waals surface area contributed by atoms with Crippen molar-refractivity contribution in [2.75, 3.05) is 93.4 Å².